The molecule has 21 heavy (non-hydrogen) atoms. The van der Waals surface area contributed by atoms with Gasteiger partial charge in [0.25, 0.3) is 0 Å². The number of benzene rings is 1. The maximum Gasteiger partial charge on any atom is 0.0816 e. The highest BCUT2D eigenvalue weighted by atomic mass is 35.5. The fraction of sp³-hybridized carbons (Fsp3) is 0.312. The Morgan fingerprint density at radius 3 is 2.71 bits per heavy atom. The van der Waals surface area contributed by atoms with Gasteiger partial charge in [-0.1, -0.05) is 23.8 Å². The van der Waals surface area contributed by atoms with Crippen LogP contribution >= 0.6 is 11.6 Å². The second-order valence-corrected chi connectivity index (χ2v) is 5.38. The van der Waals surface area contributed by atoms with Gasteiger partial charge in [0.05, 0.1) is 17.8 Å². The summed E-state index contributed by atoms with van der Waals surface area (Å²) < 4.78 is 0. The molecular formula is C16H20ClN3O. The summed E-state index contributed by atoms with van der Waals surface area (Å²) >= 11 is 6.24. The molecule has 0 spiro atoms. The Balaban J connectivity index is 2.06. The topological polar surface area (TPSA) is 52.1 Å². The van der Waals surface area contributed by atoms with Crippen molar-refractivity contribution in [3.63, 3.8) is 0 Å². The van der Waals surface area contributed by atoms with Crippen molar-refractivity contribution in [3.8, 4) is 0 Å². The van der Waals surface area contributed by atoms with Crippen LogP contribution in [0.25, 0.3) is 10.9 Å². The molecule has 0 aliphatic heterocycles. The molecule has 2 rings (SSSR count). The van der Waals surface area contributed by atoms with Crippen molar-refractivity contribution in [2.75, 3.05) is 19.6 Å². The van der Waals surface area contributed by atoms with Gasteiger partial charge in [0.1, 0.15) is 0 Å². The molecule has 0 bridgehead atoms. The number of aromatic nitrogens is 2. The van der Waals surface area contributed by atoms with Crippen LogP contribution in [0.3, 0.4) is 0 Å². The van der Waals surface area contributed by atoms with Gasteiger partial charge in [-0.25, -0.2) is 0 Å². The number of aliphatic hydroxyl groups excluding tert-OH is 1. The average Bonchev–Trinajstić information content (AvgIpc) is 2.91. The lowest BCUT2D eigenvalue weighted by atomic mass is 10.0. The van der Waals surface area contributed by atoms with Crippen molar-refractivity contribution in [1.82, 2.24) is 15.1 Å². The summed E-state index contributed by atoms with van der Waals surface area (Å²) in [5.74, 6) is 0. The summed E-state index contributed by atoms with van der Waals surface area (Å²) in [5.41, 5.74) is 1.61. The molecular weight excluding hydrogens is 286 g/mol. The van der Waals surface area contributed by atoms with Crippen LogP contribution in [-0.4, -0.2) is 39.8 Å². The standard InChI is InChI=1S/C16H20ClN3O/c1-3-6-20(7-4-2)8-5-16(21)13-9-12-11-18-19-15(12)10-14(13)17/h3-4,9-11,16,21H,1-2,5-8H2,(H,18,19). The first-order chi connectivity index (χ1) is 10.2. The molecule has 4 nitrogen and oxygen atoms in total. The van der Waals surface area contributed by atoms with Crippen molar-refractivity contribution < 1.29 is 5.11 Å². The fourth-order valence-electron chi connectivity index (χ4n) is 2.32. The van der Waals surface area contributed by atoms with E-state index in [1.165, 1.54) is 0 Å². The van der Waals surface area contributed by atoms with Crippen LogP contribution in [0.5, 0.6) is 0 Å². The van der Waals surface area contributed by atoms with Gasteiger partial charge in [0.2, 0.25) is 0 Å². The molecule has 1 atom stereocenters. The number of fused-ring (bicyclic) bond motifs is 1. The van der Waals surface area contributed by atoms with E-state index in [1.54, 1.807) is 12.3 Å². The maximum atomic E-state index is 10.4. The third-order valence-electron chi connectivity index (χ3n) is 3.41. The molecule has 1 unspecified atom stereocenters. The van der Waals surface area contributed by atoms with E-state index in [-0.39, 0.29) is 0 Å². The Kier molecular flexibility index (Phi) is 5.56. The zero-order valence-electron chi connectivity index (χ0n) is 11.9. The number of rotatable bonds is 8. The number of H-pyrrole nitrogens is 1. The van der Waals surface area contributed by atoms with Crippen molar-refractivity contribution in [3.05, 3.63) is 54.2 Å². The molecule has 5 heteroatoms. The number of nitrogens with one attached hydrogen (secondary N) is 1. The van der Waals surface area contributed by atoms with Crippen molar-refractivity contribution >= 4 is 22.5 Å². The molecule has 2 aromatic rings. The molecule has 0 saturated heterocycles. The lowest BCUT2D eigenvalue weighted by Gasteiger charge is -2.21. The van der Waals surface area contributed by atoms with E-state index < -0.39 is 6.10 Å². The molecule has 1 heterocycles. The molecule has 1 aromatic heterocycles. The highest BCUT2D eigenvalue weighted by Gasteiger charge is 2.14. The van der Waals surface area contributed by atoms with Gasteiger partial charge in [-0.15, -0.1) is 13.2 Å². The summed E-state index contributed by atoms with van der Waals surface area (Å²) in [6.45, 7) is 9.77. The number of aromatic amines is 1. The quantitative estimate of drug-likeness (QED) is 0.736. The Hall–Kier alpha value is -1.62. The van der Waals surface area contributed by atoms with E-state index in [4.69, 9.17) is 11.6 Å². The van der Waals surface area contributed by atoms with Crippen LogP contribution in [0, 0.1) is 0 Å². The minimum Gasteiger partial charge on any atom is -0.388 e. The first kappa shape index (κ1) is 15.8. The lowest BCUT2D eigenvalue weighted by molar-refractivity contribution is 0.149. The van der Waals surface area contributed by atoms with E-state index in [1.807, 2.05) is 18.2 Å². The summed E-state index contributed by atoms with van der Waals surface area (Å²) in [7, 11) is 0. The highest BCUT2D eigenvalue weighted by molar-refractivity contribution is 6.32. The predicted molar refractivity (Wildman–Crippen MR) is 87.5 cm³/mol. The number of hydrogen-bond acceptors (Lipinski definition) is 3. The Morgan fingerprint density at radius 1 is 1.33 bits per heavy atom. The first-order valence-corrected chi connectivity index (χ1v) is 7.28. The number of halogens is 1. The second kappa shape index (κ2) is 7.41. The third-order valence-corrected chi connectivity index (χ3v) is 3.74. The molecule has 0 radical (unpaired) electrons. The van der Waals surface area contributed by atoms with Crippen LogP contribution in [0.4, 0.5) is 0 Å². The molecule has 0 fully saturated rings. The van der Waals surface area contributed by atoms with Gasteiger partial charge < -0.3 is 5.11 Å². The normalized spacial score (nSPS) is 12.7. The predicted octanol–water partition coefficient (Wildman–Crippen LogP) is 3.31. The largest absolute Gasteiger partial charge is 0.388 e. The van der Waals surface area contributed by atoms with E-state index in [0.717, 1.165) is 36.1 Å². The highest BCUT2D eigenvalue weighted by Crippen LogP contribution is 2.29. The van der Waals surface area contributed by atoms with Gasteiger partial charge in [0, 0.05) is 30.0 Å². The monoisotopic (exact) mass is 305 g/mol. The van der Waals surface area contributed by atoms with Crippen molar-refractivity contribution in [2.24, 2.45) is 0 Å². The summed E-state index contributed by atoms with van der Waals surface area (Å²) in [4.78, 5) is 2.16. The number of aliphatic hydroxyl groups is 1. The van der Waals surface area contributed by atoms with Gasteiger partial charge in [-0.05, 0) is 24.1 Å². The Morgan fingerprint density at radius 2 is 2.05 bits per heavy atom. The summed E-state index contributed by atoms with van der Waals surface area (Å²) in [5, 5.41) is 18.7. The first-order valence-electron chi connectivity index (χ1n) is 6.90. The van der Waals surface area contributed by atoms with Crippen molar-refractivity contribution in [2.45, 2.75) is 12.5 Å². The minimum absolute atomic E-state index is 0.554. The molecule has 112 valence electrons. The summed E-state index contributed by atoms with van der Waals surface area (Å²) in [6.07, 6.45) is 5.42. The van der Waals surface area contributed by atoms with E-state index in [2.05, 4.69) is 28.3 Å². The molecule has 0 amide bonds. The Bertz CT molecular complexity index is 613. The van der Waals surface area contributed by atoms with Crippen LogP contribution in [0.2, 0.25) is 5.02 Å². The third kappa shape index (κ3) is 3.94. The zero-order chi connectivity index (χ0) is 15.2. The van der Waals surface area contributed by atoms with Crippen LogP contribution in [0.1, 0.15) is 18.1 Å². The van der Waals surface area contributed by atoms with Gasteiger partial charge in [-0.3, -0.25) is 10.00 Å². The zero-order valence-corrected chi connectivity index (χ0v) is 12.7. The molecule has 1 aromatic carbocycles. The van der Waals surface area contributed by atoms with E-state index >= 15 is 0 Å². The molecule has 0 aliphatic carbocycles. The Labute approximate surface area is 129 Å². The maximum absolute atomic E-state index is 10.4. The fourth-order valence-corrected chi connectivity index (χ4v) is 2.61. The van der Waals surface area contributed by atoms with Crippen LogP contribution in [-0.2, 0) is 0 Å². The minimum atomic E-state index is -0.603. The molecule has 0 saturated carbocycles. The van der Waals surface area contributed by atoms with E-state index in [0.29, 0.717) is 11.4 Å². The number of nitrogens with zero attached hydrogens (tertiary/aromatic N) is 2. The SMILES string of the molecule is C=CCN(CC=C)CCC(O)c1cc2cn[nH]c2cc1Cl. The van der Waals surface area contributed by atoms with Gasteiger partial charge >= 0.3 is 0 Å². The molecule has 0 aliphatic rings. The average molecular weight is 306 g/mol. The molecule has 2 N–H and O–H groups in total. The van der Waals surface area contributed by atoms with Crippen molar-refractivity contribution in [1.29, 1.82) is 0 Å². The van der Waals surface area contributed by atoms with Gasteiger partial charge in [0.15, 0.2) is 0 Å². The van der Waals surface area contributed by atoms with E-state index in [9.17, 15) is 5.11 Å². The van der Waals surface area contributed by atoms with Crippen LogP contribution in [0.15, 0.2) is 43.6 Å². The summed E-state index contributed by atoms with van der Waals surface area (Å²) in [6, 6.07) is 3.69. The lowest BCUT2D eigenvalue weighted by Crippen LogP contribution is -2.26. The number of hydrogen-bond donors (Lipinski definition) is 2. The smallest absolute Gasteiger partial charge is 0.0816 e. The second-order valence-electron chi connectivity index (χ2n) is 4.97. The van der Waals surface area contributed by atoms with Crippen LogP contribution < -0.4 is 0 Å². The van der Waals surface area contributed by atoms with Gasteiger partial charge in [-0.2, -0.15) is 5.10 Å².